The van der Waals surface area contributed by atoms with Gasteiger partial charge in [0.25, 0.3) is 16.8 Å². The van der Waals surface area contributed by atoms with E-state index in [2.05, 4.69) is 159 Å². The molecule has 12 heteroatoms. The molecule has 0 N–H and O–H groups in total. The van der Waals surface area contributed by atoms with Crippen molar-refractivity contribution < 1.29 is 8.22 Å². The Hall–Kier alpha value is -0.565. The zero-order chi connectivity index (χ0) is 38.9. The average Bonchev–Trinajstić information content (AvgIpc) is 3.00. The molecule has 52 heavy (non-hydrogen) atoms. The van der Waals surface area contributed by atoms with E-state index in [1.165, 1.54) is 20.7 Å². The van der Waals surface area contributed by atoms with Crippen LogP contribution in [0.4, 0.5) is 8.22 Å². The highest BCUT2D eigenvalue weighted by Gasteiger charge is 2.53. The summed E-state index contributed by atoms with van der Waals surface area (Å²) in [6.07, 6.45) is 0. The quantitative estimate of drug-likeness (QED) is 0.212. The third-order valence-electron chi connectivity index (χ3n) is 13.9. The van der Waals surface area contributed by atoms with Gasteiger partial charge in [0.05, 0.1) is 0 Å². The summed E-state index contributed by atoms with van der Waals surface area (Å²) >= 11 is 7.72. The van der Waals surface area contributed by atoms with Gasteiger partial charge in [-0.15, -0.1) is 0 Å². The van der Waals surface area contributed by atoms with Crippen LogP contribution in [0.15, 0.2) is 57.5 Å². The first-order chi connectivity index (χ1) is 23.4. The molecule has 0 amide bonds. The summed E-state index contributed by atoms with van der Waals surface area (Å²) in [7, 11) is -18.8. The molecule has 0 unspecified atom stereocenters. The number of halogens is 4. The Bertz CT molecular complexity index is 2100. The molecule has 0 radical (unpaired) electrons. The van der Waals surface area contributed by atoms with Gasteiger partial charge in [-0.05, 0) is 48.7 Å². The maximum Gasteiger partial charge on any atom is 0.272 e. The van der Waals surface area contributed by atoms with E-state index in [9.17, 15) is 0 Å². The molecule has 0 fully saturated rings. The Morgan fingerprint density at radius 1 is 0.327 bits per heavy atom. The lowest BCUT2D eigenvalue weighted by Crippen LogP contribution is -2.85. The molecule has 4 aromatic carbocycles. The molecule has 3 aliphatic rings. The van der Waals surface area contributed by atoms with Crippen LogP contribution in [0.25, 0.3) is 0 Å². The molecule has 0 aromatic heterocycles. The number of hydrogen-bond acceptors (Lipinski definition) is 0. The summed E-state index contributed by atoms with van der Waals surface area (Å²) in [5.74, 6) is 0. The van der Waals surface area contributed by atoms with Crippen molar-refractivity contribution in [2.45, 2.75) is 105 Å². The standard InChI is InChI=1S/C40H56Br2F2Si8/c1-45(2)29-17-25(41)27(51(13,14)43)19-31(29)47(5,6)35-23-39-37(21-33(35)45)49(9,10)40-24-36-34(22-38(40)50(39,11)12)46(3,4)30-18-26(42)28(52(15,16)44)20-32(30)48(36,7)8/h17-24H,1-16H3. The Balaban J connectivity index is 1.49. The van der Waals surface area contributed by atoms with Crippen LogP contribution in [-0.2, 0) is 0 Å². The second-order valence-corrected chi connectivity index (χ2v) is 55.0. The molecule has 0 saturated heterocycles. The monoisotopic (exact) mass is 956 g/mol. The Labute approximate surface area is 337 Å². The summed E-state index contributed by atoms with van der Waals surface area (Å²) in [6, 6.07) is 20.3. The van der Waals surface area contributed by atoms with Crippen LogP contribution in [0, 0.1) is 0 Å². The summed E-state index contributed by atoms with van der Waals surface area (Å²) < 4.78 is 33.5. The molecule has 7 rings (SSSR count). The van der Waals surface area contributed by atoms with Crippen LogP contribution >= 0.6 is 31.9 Å². The fourth-order valence-electron chi connectivity index (χ4n) is 10.3. The van der Waals surface area contributed by atoms with Gasteiger partial charge in [-0.25, -0.2) is 0 Å². The van der Waals surface area contributed by atoms with Gasteiger partial charge >= 0.3 is 0 Å². The van der Waals surface area contributed by atoms with Crippen LogP contribution in [0.1, 0.15) is 0 Å². The molecule has 0 aliphatic carbocycles. The van der Waals surface area contributed by atoms with Crippen LogP contribution in [0.3, 0.4) is 0 Å². The maximum absolute atomic E-state index is 15.8. The number of benzene rings is 4. The minimum absolute atomic E-state index is 0.915. The van der Waals surface area contributed by atoms with E-state index in [0.717, 1.165) is 19.3 Å². The van der Waals surface area contributed by atoms with Crippen molar-refractivity contribution in [1.82, 2.24) is 0 Å². The lowest BCUT2D eigenvalue weighted by molar-refractivity contribution is 0.820. The summed E-state index contributed by atoms with van der Waals surface area (Å²) in [6.45, 7) is 38.1. The van der Waals surface area contributed by atoms with Crippen LogP contribution in [0.5, 0.6) is 0 Å². The van der Waals surface area contributed by atoms with Gasteiger partial charge in [0.1, 0.15) is 48.4 Å². The third kappa shape index (κ3) is 5.34. The predicted octanol–water partition coefficient (Wildman–Crippen LogP) is 3.85. The van der Waals surface area contributed by atoms with Crippen molar-refractivity contribution in [1.29, 1.82) is 0 Å². The van der Waals surface area contributed by atoms with Crippen molar-refractivity contribution in [3.8, 4) is 0 Å². The Morgan fingerprint density at radius 2 is 0.481 bits per heavy atom. The van der Waals surface area contributed by atoms with E-state index < -0.39 is 65.3 Å². The topological polar surface area (TPSA) is 0 Å². The number of fused-ring (bicyclic) bond motifs is 6. The zero-order valence-electron chi connectivity index (χ0n) is 34.1. The van der Waals surface area contributed by atoms with Crippen LogP contribution in [-0.4, -0.2) is 65.3 Å². The summed E-state index contributed by atoms with van der Waals surface area (Å²) in [5.41, 5.74) is 0. The van der Waals surface area contributed by atoms with E-state index in [1.54, 1.807) is 41.5 Å². The van der Waals surface area contributed by atoms with Crippen molar-refractivity contribution in [2.24, 2.45) is 0 Å². The smallest absolute Gasteiger partial charge is 0.272 e. The Kier molecular flexibility index (Phi) is 8.79. The van der Waals surface area contributed by atoms with Gasteiger partial charge in [0.15, 0.2) is 0 Å². The highest BCUT2D eigenvalue weighted by molar-refractivity contribution is 9.11. The fourth-order valence-corrected chi connectivity index (χ4v) is 45.4. The summed E-state index contributed by atoms with van der Waals surface area (Å²) in [5, 5.41) is 21.0. The lowest BCUT2D eigenvalue weighted by atomic mass is 10.3. The molecule has 4 aromatic rings. The lowest BCUT2D eigenvalue weighted by Gasteiger charge is -2.49. The van der Waals surface area contributed by atoms with E-state index in [4.69, 9.17) is 0 Å². The van der Waals surface area contributed by atoms with E-state index in [0.29, 0.717) is 0 Å². The largest absolute Gasteiger partial charge is 0.308 e. The molecule has 3 aliphatic heterocycles. The molecular formula is C40H56Br2F2Si8. The minimum Gasteiger partial charge on any atom is -0.308 e. The molecule has 0 atom stereocenters. The van der Waals surface area contributed by atoms with Crippen molar-refractivity contribution in [3.05, 3.63) is 57.5 Å². The van der Waals surface area contributed by atoms with Crippen LogP contribution in [0.2, 0.25) is 105 Å². The zero-order valence-corrected chi connectivity index (χ0v) is 45.3. The second kappa shape index (κ2) is 11.5. The van der Waals surface area contributed by atoms with Crippen molar-refractivity contribution in [2.75, 3.05) is 0 Å². The van der Waals surface area contributed by atoms with Crippen molar-refractivity contribution >= 4 is 170 Å². The van der Waals surface area contributed by atoms with Gasteiger partial charge in [0.2, 0.25) is 0 Å². The SMILES string of the molecule is C[Si](C)(F)c1cc2c(cc1Br)[Si](C)(C)c1cc3c(cc1[Si]2(C)C)[Si](C)(C)c1cc2c(cc1[Si]3(C)C)[Si](C)(C)c1cc([Si](C)(C)F)c(Br)cc1[Si]2(C)C. The van der Waals surface area contributed by atoms with Gasteiger partial charge in [-0.3, -0.25) is 0 Å². The van der Waals surface area contributed by atoms with E-state index >= 15 is 8.22 Å². The van der Waals surface area contributed by atoms with Crippen LogP contribution < -0.4 is 72.6 Å². The Morgan fingerprint density at radius 3 is 0.654 bits per heavy atom. The molecule has 0 bridgehead atoms. The van der Waals surface area contributed by atoms with Gasteiger partial charge < -0.3 is 8.22 Å². The molecule has 276 valence electrons. The average molecular weight is 959 g/mol. The number of hydrogen-bond donors (Lipinski definition) is 0. The maximum atomic E-state index is 15.8. The molecule has 3 heterocycles. The highest BCUT2D eigenvalue weighted by Crippen LogP contribution is 2.24. The predicted molar refractivity (Wildman–Crippen MR) is 258 cm³/mol. The van der Waals surface area contributed by atoms with Gasteiger partial charge in [-0.2, -0.15) is 0 Å². The van der Waals surface area contributed by atoms with Gasteiger partial charge in [0, 0.05) is 8.95 Å². The normalized spacial score (nSPS) is 20.8. The fraction of sp³-hybridized carbons (Fsp3) is 0.400. The molecule has 0 spiro atoms. The minimum atomic E-state index is -3.02. The second-order valence-electron chi connectivity index (χ2n) is 20.3. The first kappa shape index (κ1) is 39.7. The van der Waals surface area contributed by atoms with Crippen molar-refractivity contribution in [3.63, 3.8) is 0 Å². The van der Waals surface area contributed by atoms with Gasteiger partial charge in [-0.1, -0.05) is 209 Å². The molecular weight excluding hydrogens is 903 g/mol. The highest BCUT2D eigenvalue weighted by atomic mass is 79.9. The summed E-state index contributed by atoms with van der Waals surface area (Å²) in [4.78, 5) is 0. The third-order valence-corrected chi connectivity index (χ3v) is 41.9. The number of rotatable bonds is 2. The van der Waals surface area contributed by atoms with E-state index in [-0.39, 0.29) is 0 Å². The molecule has 0 saturated carbocycles. The van der Waals surface area contributed by atoms with E-state index in [1.807, 2.05) is 26.2 Å². The first-order valence-electron chi connectivity index (χ1n) is 18.9. The molecule has 0 nitrogen and oxygen atoms in total. The first-order valence-corrected chi connectivity index (χ1v) is 44.2.